The molecule has 0 saturated carbocycles. The predicted octanol–water partition coefficient (Wildman–Crippen LogP) is 5.85. The van der Waals surface area contributed by atoms with Crippen molar-refractivity contribution in [3.8, 4) is 5.75 Å². The number of hydrogen-bond donors (Lipinski definition) is 2. The summed E-state index contributed by atoms with van der Waals surface area (Å²) in [5, 5.41) is 3.14. The summed E-state index contributed by atoms with van der Waals surface area (Å²) < 4.78 is 32.7. The Kier molecular flexibility index (Phi) is 5.62. The molecule has 0 saturated heterocycles. The van der Waals surface area contributed by atoms with E-state index in [9.17, 15) is 13.8 Å². The summed E-state index contributed by atoms with van der Waals surface area (Å²) in [6.07, 6.45) is 0. The van der Waals surface area contributed by atoms with Gasteiger partial charge in [-0.25, -0.2) is 8.96 Å². The average molecular weight is 392 g/mol. The number of benzene rings is 3. The van der Waals surface area contributed by atoms with Crippen LogP contribution in [0, 0.1) is 5.82 Å². The molecular formula is C19H16ClFNO3P. The second kappa shape index (κ2) is 7.92. The highest BCUT2D eigenvalue weighted by Gasteiger charge is 2.37. The van der Waals surface area contributed by atoms with E-state index in [1.54, 1.807) is 60.7 Å². The molecule has 0 aliphatic heterocycles. The lowest BCUT2D eigenvalue weighted by molar-refractivity contribution is 0.368. The Labute approximate surface area is 155 Å². The van der Waals surface area contributed by atoms with Crippen molar-refractivity contribution in [2.75, 3.05) is 5.32 Å². The summed E-state index contributed by atoms with van der Waals surface area (Å²) >= 11 is 5.97. The van der Waals surface area contributed by atoms with Gasteiger partial charge < -0.3 is 14.7 Å². The molecule has 3 aromatic rings. The molecule has 0 aliphatic rings. The zero-order chi connectivity index (χ0) is 18.6. The predicted molar refractivity (Wildman–Crippen MR) is 101 cm³/mol. The van der Waals surface area contributed by atoms with Crippen molar-refractivity contribution in [3.63, 3.8) is 0 Å². The minimum atomic E-state index is -4.37. The Morgan fingerprint density at radius 3 is 2.27 bits per heavy atom. The third-order valence-corrected chi connectivity index (χ3v) is 5.40. The van der Waals surface area contributed by atoms with Gasteiger partial charge in [0.25, 0.3) is 0 Å². The van der Waals surface area contributed by atoms with E-state index >= 15 is 0 Å². The molecule has 0 heterocycles. The van der Waals surface area contributed by atoms with Gasteiger partial charge in [0.2, 0.25) is 0 Å². The van der Waals surface area contributed by atoms with Gasteiger partial charge in [-0.15, -0.1) is 0 Å². The van der Waals surface area contributed by atoms with Crippen molar-refractivity contribution in [1.82, 2.24) is 0 Å². The molecule has 2 N–H and O–H groups in total. The van der Waals surface area contributed by atoms with E-state index < -0.39 is 19.2 Å². The maximum atomic E-state index is 14.4. The van der Waals surface area contributed by atoms with Crippen LogP contribution in [0.2, 0.25) is 5.02 Å². The van der Waals surface area contributed by atoms with Crippen molar-refractivity contribution in [3.05, 3.63) is 95.3 Å². The fourth-order valence-electron chi connectivity index (χ4n) is 2.44. The minimum Gasteiger partial charge on any atom is -0.423 e. The SMILES string of the molecule is O=P(O)(Oc1ccccc1)C(Nc1ccccc1)c1cc(Cl)ccc1F. The van der Waals surface area contributed by atoms with E-state index in [-0.39, 0.29) is 16.3 Å². The highest BCUT2D eigenvalue weighted by molar-refractivity contribution is 7.53. The van der Waals surface area contributed by atoms with E-state index in [4.69, 9.17) is 16.1 Å². The minimum absolute atomic E-state index is 0.0527. The molecule has 0 aliphatic carbocycles. The zero-order valence-electron chi connectivity index (χ0n) is 13.5. The molecule has 26 heavy (non-hydrogen) atoms. The molecule has 0 spiro atoms. The maximum absolute atomic E-state index is 14.4. The van der Waals surface area contributed by atoms with Gasteiger partial charge in [0.1, 0.15) is 11.6 Å². The third kappa shape index (κ3) is 4.44. The van der Waals surface area contributed by atoms with E-state index in [1.165, 1.54) is 12.1 Å². The summed E-state index contributed by atoms with van der Waals surface area (Å²) in [7, 11) is -4.37. The molecule has 3 rings (SSSR count). The van der Waals surface area contributed by atoms with Gasteiger partial charge in [0.15, 0.2) is 5.78 Å². The molecule has 134 valence electrons. The number of para-hydroxylation sites is 2. The molecule has 0 radical (unpaired) electrons. The fraction of sp³-hybridized carbons (Fsp3) is 0.0526. The standard InChI is InChI=1S/C19H16ClFNO3P/c20-14-11-12-18(21)17(13-14)19(22-15-7-3-1-4-8-15)26(23,24)25-16-9-5-2-6-10-16/h1-13,19,22H,(H,23,24). The lowest BCUT2D eigenvalue weighted by atomic mass is 10.2. The molecule has 0 amide bonds. The van der Waals surface area contributed by atoms with Gasteiger partial charge in [0, 0.05) is 16.3 Å². The van der Waals surface area contributed by atoms with E-state index in [2.05, 4.69) is 5.32 Å². The average Bonchev–Trinajstić information content (AvgIpc) is 2.63. The molecule has 3 aromatic carbocycles. The third-order valence-electron chi connectivity index (χ3n) is 3.64. The quantitative estimate of drug-likeness (QED) is 0.517. The Morgan fingerprint density at radius 1 is 1.00 bits per heavy atom. The lowest BCUT2D eigenvalue weighted by Crippen LogP contribution is -2.16. The molecule has 0 aromatic heterocycles. The van der Waals surface area contributed by atoms with Gasteiger partial charge in [-0.3, -0.25) is 0 Å². The number of nitrogens with one attached hydrogen (secondary N) is 1. The normalized spacial score (nSPS) is 14.3. The van der Waals surface area contributed by atoms with Gasteiger partial charge in [-0.2, -0.15) is 0 Å². The largest absolute Gasteiger partial charge is 0.423 e. The van der Waals surface area contributed by atoms with Crippen molar-refractivity contribution < 1.29 is 18.4 Å². The molecule has 2 unspecified atom stereocenters. The van der Waals surface area contributed by atoms with Crippen LogP contribution < -0.4 is 9.84 Å². The first kappa shape index (κ1) is 18.5. The summed E-state index contributed by atoms with van der Waals surface area (Å²) in [4.78, 5) is 10.6. The molecule has 0 fully saturated rings. The van der Waals surface area contributed by atoms with Gasteiger partial charge >= 0.3 is 7.60 Å². The summed E-state index contributed by atoms with van der Waals surface area (Å²) in [6.45, 7) is 0. The summed E-state index contributed by atoms with van der Waals surface area (Å²) in [6, 6.07) is 20.8. The summed E-state index contributed by atoms with van der Waals surface area (Å²) in [5.41, 5.74) is 0.492. The molecule has 2 atom stereocenters. The molecule has 4 nitrogen and oxygen atoms in total. The Balaban J connectivity index is 2.01. The highest BCUT2D eigenvalue weighted by Crippen LogP contribution is 2.56. The van der Waals surface area contributed by atoms with E-state index in [0.29, 0.717) is 5.69 Å². The maximum Gasteiger partial charge on any atom is 0.403 e. The van der Waals surface area contributed by atoms with Gasteiger partial charge in [0.05, 0.1) is 0 Å². The van der Waals surface area contributed by atoms with Crippen LogP contribution in [0.4, 0.5) is 10.1 Å². The second-order valence-electron chi connectivity index (χ2n) is 5.55. The number of rotatable bonds is 6. The van der Waals surface area contributed by atoms with Crippen LogP contribution in [-0.4, -0.2) is 4.89 Å². The van der Waals surface area contributed by atoms with Crippen molar-refractivity contribution in [2.24, 2.45) is 0 Å². The van der Waals surface area contributed by atoms with Crippen molar-refractivity contribution in [1.29, 1.82) is 0 Å². The van der Waals surface area contributed by atoms with Crippen LogP contribution >= 0.6 is 19.2 Å². The monoisotopic (exact) mass is 391 g/mol. The molecular weight excluding hydrogens is 376 g/mol. The molecule has 0 bridgehead atoms. The zero-order valence-corrected chi connectivity index (χ0v) is 15.2. The van der Waals surface area contributed by atoms with E-state index in [1.807, 2.05) is 0 Å². The molecule has 7 heteroatoms. The first-order chi connectivity index (χ1) is 12.5. The lowest BCUT2D eigenvalue weighted by Gasteiger charge is -2.25. The summed E-state index contributed by atoms with van der Waals surface area (Å²) in [5.74, 6) is -1.79. The first-order valence-corrected chi connectivity index (χ1v) is 9.82. The Bertz CT molecular complexity index is 925. The van der Waals surface area contributed by atoms with E-state index in [0.717, 1.165) is 6.07 Å². The van der Waals surface area contributed by atoms with Crippen LogP contribution in [0.5, 0.6) is 5.75 Å². The van der Waals surface area contributed by atoms with Crippen molar-refractivity contribution in [2.45, 2.75) is 5.78 Å². The topological polar surface area (TPSA) is 58.6 Å². The van der Waals surface area contributed by atoms with Crippen molar-refractivity contribution >= 4 is 24.9 Å². The first-order valence-electron chi connectivity index (χ1n) is 7.79. The number of halogens is 2. The van der Waals surface area contributed by atoms with Crippen LogP contribution in [0.1, 0.15) is 11.3 Å². The van der Waals surface area contributed by atoms with Crippen LogP contribution in [0.25, 0.3) is 0 Å². The Hall–Kier alpha value is -2.33. The van der Waals surface area contributed by atoms with Gasteiger partial charge in [-0.05, 0) is 42.5 Å². The highest BCUT2D eigenvalue weighted by atomic mass is 35.5. The van der Waals surface area contributed by atoms with Crippen LogP contribution in [0.3, 0.4) is 0 Å². The fourth-order valence-corrected chi connectivity index (χ4v) is 4.01. The smallest absolute Gasteiger partial charge is 0.403 e. The number of hydrogen-bond acceptors (Lipinski definition) is 3. The Morgan fingerprint density at radius 2 is 1.62 bits per heavy atom. The van der Waals surface area contributed by atoms with Crippen LogP contribution in [0.15, 0.2) is 78.9 Å². The second-order valence-corrected chi connectivity index (χ2v) is 7.81. The van der Waals surface area contributed by atoms with Gasteiger partial charge in [-0.1, -0.05) is 48.0 Å². The number of anilines is 1. The van der Waals surface area contributed by atoms with Crippen LogP contribution in [-0.2, 0) is 4.57 Å².